The van der Waals surface area contributed by atoms with E-state index < -0.39 is 17.8 Å². The van der Waals surface area contributed by atoms with Crippen LogP contribution in [0.15, 0.2) is 23.1 Å². The molecule has 1 aromatic carbocycles. The molecule has 0 bridgehead atoms. The molecule has 6 nitrogen and oxygen atoms in total. The van der Waals surface area contributed by atoms with Gasteiger partial charge < -0.3 is 15.8 Å². The number of amides is 3. The third-order valence-electron chi connectivity index (χ3n) is 2.11. The maximum Gasteiger partial charge on any atom is 0.321 e. The molecule has 4 N–H and O–H groups in total. The Morgan fingerprint density at radius 1 is 1.40 bits per heavy atom. The molecule has 0 aliphatic heterocycles. The maximum atomic E-state index is 13.1. The van der Waals surface area contributed by atoms with Crippen molar-refractivity contribution in [1.82, 2.24) is 10.6 Å². The minimum Gasteiger partial charge on any atom is -0.399 e. The topological polar surface area (TPSA) is 93.5 Å². The number of carbonyl (C=O) groups excluding carboxylic acids is 2. The molecule has 0 aliphatic carbocycles. The number of anilines is 1. The minimum absolute atomic E-state index is 0.0133. The zero-order valence-corrected chi connectivity index (χ0v) is 11.8. The number of urea groups is 1. The van der Waals surface area contributed by atoms with Gasteiger partial charge in [-0.3, -0.25) is 10.1 Å². The zero-order valence-electron chi connectivity index (χ0n) is 10.9. The predicted octanol–water partition coefficient (Wildman–Crippen LogP) is 0.972. The van der Waals surface area contributed by atoms with Crippen LogP contribution in [0.1, 0.15) is 0 Å². The first-order valence-electron chi connectivity index (χ1n) is 5.76. The van der Waals surface area contributed by atoms with E-state index >= 15 is 0 Å². The highest BCUT2D eigenvalue weighted by molar-refractivity contribution is 8.00. The number of ether oxygens (including phenoxy) is 1. The van der Waals surface area contributed by atoms with Gasteiger partial charge in [0.05, 0.1) is 12.4 Å². The Morgan fingerprint density at radius 3 is 2.80 bits per heavy atom. The predicted molar refractivity (Wildman–Crippen MR) is 75.0 cm³/mol. The van der Waals surface area contributed by atoms with Crippen LogP contribution in [-0.2, 0) is 9.53 Å². The van der Waals surface area contributed by atoms with Gasteiger partial charge in [-0.05, 0) is 18.2 Å². The number of methoxy groups -OCH3 is 1. The number of rotatable bonds is 6. The fourth-order valence-electron chi connectivity index (χ4n) is 1.29. The largest absolute Gasteiger partial charge is 0.399 e. The molecule has 0 unspecified atom stereocenters. The van der Waals surface area contributed by atoms with E-state index in [0.29, 0.717) is 18.0 Å². The standard InChI is InChI=1S/C12H16FN3O3S/c1-19-3-2-15-12(18)16-11(17)7-20-10-5-8(13)4-9(14)6-10/h4-6H,2-3,7,14H2,1H3,(H2,15,16,17,18). The van der Waals surface area contributed by atoms with Gasteiger partial charge in [-0.1, -0.05) is 0 Å². The number of nitrogens with one attached hydrogen (secondary N) is 2. The summed E-state index contributed by atoms with van der Waals surface area (Å²) in [5.74, 6) is -0.960. The van der Waals surface area contributed by atoms with E-state index in [4.69, 9.17) is 10.5 Å². The first-order valence-corrected chi connectivity index (χ1v) is 6.75. The number of nitrogens with two attached hydrogens (primary N) is 1. The lowest BCUT2D eigenvalue weighted by molar-refractivity contribution is -0.117. The lowest BCUT2D eigenvalue weighted by Gasteiger charge is -2.06. The van der Waals surface area contributed by atoms with E-state index in [1.807, 2.05) is 0 Å². The van der Waals surface area contributed by atoms with Crippen LogP contribution in [0.3, 0.4) is 0 Å². The van der Waals surface area contributed by atoms with Crippen molar-refractivity contribution in [3.63, 3.8) is 0 Å². The smallest absolute Gasteiger partial charge is 0.321 e. The van der Waals surface area contributed by atoms with Gasteiger partial charge in [-0.15, -0.1) is 11.8 Å². The van der Waals surface area contributed by atoms with Crippen LogP contribution in [-0.4, -0.2) is 38.0 Å². The average molecular weight is 301 g/mol. The van der Waals surface area contributed by atoms with E-state index in [1.165, 1.54) is 19.2 Å². The van der Waals surface area contributed by atoms with Crippen molar-refractivity contribution in [2.75, 3.05) is 31.7 Å². The normalized spacial score (nSPS) is 10.1. The number of benzene rings is 1. The van der Waals surface area contributed by atoms with Crippen molar-refractivity contribution in [1.29, 1.82) is 0 Å². The Bertz CT molecular complexity index is 465. The molecular formula is C12H16FN3O3S. The quantitative estimate of drug-likeness (QED) is 0.413. The molecule has 3 amide bonds. The molecule has 0 fully saturated rings. The summed E-state index contributed by atoms with van der Waals surface area (Å²) in [5, 5.41) is 4.59. The molecule has 110 valence electrons. The van der Waals surface area contributed by atoms with E-state index in [0.717, 1.165) is 11.8 Å². The van der Waals surface area contributed by atoms with Crippen LogP contribution < -0.4 is 16.4 Å². The summed E-state index contributed by atoms with van der Waals surface area (Å²) in [7, 11) is 1.51. The van der Waals surface area contributed by atoms with Crippen molar-refractivity contribution < 1.29 is 18.7 Å². The molecule has 0 aromatic heterocycles. The molecule has 0 atom stereocenters. The summed E-state index contributed by atoms with van der Waals surface area (Å²) in [5.41, 5.74) is 5.77. The fraction of sp³-hybridized carbons (Fsp3) is 0.333. The summed E-state index contributed by atoms with van der Waals surface area (Å²) < 4.78 is 17.8. The van der Waals surface area contributed by atoms with Gasteiger partial charge in [-0.25, -0.2) is 9.18 Å². The Kier molecular flexibility index (Phi) is 6.82. The van der Waals surface area contributed by atoms with Crippen molar-refractivity contribution in [2.45, 2.75) is 4.90 Å². The van der Waals surface area contributed by atoms with Crippen LogP contribution in [0.5, 0.6) is 0 Å². The second kappa shape index (κ2) is 8.39. The van der Waals surface area contributed by atoms with Crippen molar-refractivity contribution >= 4 is 29.4 Å². The molecular weight excluding hydrogens is 285 g/mol. The summed E-state index contributed by atoms with van der Waals surface area (Å²) in [6.07, 6.45) is 0. The second-order valence-corrected chi connectivity index (χ2v) is 4.85. The summed E-state index contributed by atoms with van der Waals surface area (Å²) >= 11 is 1.09. The summed E-state index contributed by atoms with van der Waals surface area (Å²) in [6.45, 7) is 0.669. The van der Waals surface area contributed by atoms with Crippen LogP contribution in [0.25, 0.3) is 0 Å². The first-order chi connectivity index (χ1) is 9.51. The van der Waals surface area contributed by atoms with E-state index in [-0.39, 0.29) is 11.4 Å². The van der Waals surface area contributed by atoms with Gasteiger partial charge in [-0.2, -0.15) is 0 Å². The number of imide groups is 1. The Labute approximate surface area is 120 Å². The SMILES string of the molecule is COCCNC(=O)NC(=O)CSc1cc(N)cc(F)c1. The third-order valence-corrected chi connectivity index (χ3v) is 3.08. The van der Waals surface area contributed by atoms with Crippen molar-refractivity contribution in [2.24, 2.45) is 0 Å². The van der Waals surface area contributed by atoms with E-state index in [1.54, 1.807) is 6.07 Å². The van der Waals surface area contributed by atoms with Gasteiger partial charge >= 0.3 is 6.03 Å². The lowest BCUT2D eigenvalue weighted by Crippen LogP contribution is -2.41. The lowest BCUT2D eigenvalue weighted by atomic mass is 10.3. The van der Waals surface area contributed by atoms with Crippen LogP contribution in [0, 0.1) is 5.82 Å². The highest BCUT2D eigenvalue weighted by atomic mass is 32.2. The van der Waals surface area contributed by atoms with Gasteiger partial charge in [0.2, 0.25) is 5.91 Å². The Morgan fingerprint density at radius 2 is 2.15 bits per heavy atom. The fourth-order valence-corrected chi connectivity index (χ4v) is 2.08. The average Bonchev–Trinajstić information content (AvgIpc) is 2.35. The number of thioether (sulfide) groups is 1. The molecule has 8 heteroatoms. The van der Waals surface area contributed by atoms with Crippen molar-refractivity contribution in [3.05, 3.63) is 24.0 Å². The molecule has 0 spiro atoms. The molecule has 1 rings (SSSR count). The van der Waals surface area contributed by atoms with E-state index in [9.17, 15) is 14.0 Å². The number of nitrogen functional groups attached to an aromatic ring is 1. The number of hydrogen-bond acceptors (Lipinski definition) is 5. The molecule has 0 heterocycles. The van der Waals surface area contributed by atoms with Gasteiger partial charge in [0, 0.05) is 24.2 Å². The first kappa shape index (κ1) is 16.3. The monoisotopic (exact) mass is 301 g/mol. The third kappa shape index (κ3) is 6.39. The van der Waals surface area contributed by atoms with Gasteiger partial charge in [0.25, 0.3) is 0 Å². The zero-order chi connectivity index (χ0) is 15.0. The number of carbonyl (C=O) groups is 2. The summed E-state index contributed by atoms with van der Waals surface area (Å²) in [4.78, 5) is 23.3. The molecule has 0 aliphatic rings. The minimum atomic E-state index is -0.591. The summed E-state index contributed by atoms with van der Waals surface area (Å²) in [6, 6.07) is 3.42. The van der Waals surface area contributed by atoms with Gasteiger partial charge in [0.15, 0.2) is 0 Å². The Hall–Kier alpha value is -1.80. The molecule has 20 heavy (non-hydrogen) atoms. The molecule has 1 aromatic rings. The maximum absolute atomic E-state index is 13.1. The number of hydrogen-bond donors (Lipinski definition) is 3. The molecule has 0 saturated carbocycles. The molecule has 0 radical (unpaired) electrons. The van der Waals surface area contributed by atoms with Crippen LogP contribution >= 0.6 is 11.8 Å². The van der Waals surface area contributed by atoms with E-state index in [2.05, 4.69) is 10.6 Å². The van der Waals surface area contributed by atoms with Crippen LogP contribution in [0.2, 0.25) is 0 Å². The highest BCUT2D eigenvalue weighted by Crippen LogP contribution is 2.21. The van der Waals surface area contributed by atoms with Crippen molar-refractivity contribution in [3.8, 4) is 0 Å². The highest BCUT2D eigenvalue weighted by Gasteiger charge is 2.08. The molecule has 0 saturated heterocycles. The van der Waals surface area contributed by atoms with Gasteiger partial charge in [0.1, 0.15) is 5.82 Å². The Balaban J connectivity index is 2.34. The van der Waals surface area contributed by atoms with Crippen LogP contribution in [0.4, 0.5) is 14.9 Å². The number of halogens is 1. The second-order valence-electron chi connectivity index (χ2n) is 3.81.